The molecule has 0 bridgehead atoms. The molecule has 1 saturated carbocycles. The van der Waals surface area contributed by atoms with Gasteiger partial charge in [-0.15, -0.1) is 0 Å². The number of nitrogens with zero attached hydrogens (tertiary/aromatic N) is 1. The minimum Gasteiger partial charge on any atom is -0.497 e. The molecule has 1 aromatic heterocycles. The summed E-state index contributed by atoms with van der Waals surface area (Å²) in [6, 6.07) is 13.6. The van der Waals surface area contributed by atoms with Crippen molar-refractivity contribution in [1.29, 1.82) is 0 Å². The number of carboxylic acids is 1. The molecule has 1 N–H and O–H groups in total. The van der Waals surface area contributed by atoms with E-state index in [0.29, 0.717) is 40.5 Å². The summed E-state index contributed by atoms with van der Waals surface area (Å²) in [6.45, 7) is 1.95. The zero-order valence-electron chi connectivity index (χ0n) is 19.3. The van der Waals surface area contributed by atoms with E-state index in [9.17, 15) is 9.18 Å². The molecule has 2 heterocycles. The fourth-order valence-corrected chi connectivity index (χ4v) is 3.44. The Labute approximate surface area is 198 Å². The molecule has 3 aromatic rings. The summed E-state index contributed by atoms with van der Waals surface area (Å²) < 4.78 is 31.3. The predicted molar refractivity (Wildman–Crippen MR) is 126 cm³/mol. The Hall–Kier alpha value is -3.61. The Balaban J connectivity index is 0.000000846. The molecule has 2 unspecified atom stereocenters. The molecule has 5 rings (SSSR count). The number of halogens is 1. The van der Waals surface area contributed by atoms with Crippen LogP contribution in [0.5, 0.6) is 17.2 Å². The van der Waals surface area contributed by atoms with Crippen LogP contribution in [0.4, 0.5) is 4.39 Å². The number of aliphatic carboxylic acids is 1. The third kappa shape index (κ3) is 5.84. The summed E-state index contributed by atoms with van der Waals surface area (Å²) >= 11 is 0. The molecule has 7 heteroatoms. The highest BCUT2D eigenvalue weighted by atomic mass is 19.1. The number of pyridine rings is 1. The molecule has 34 heavy (non-hydrogen) atoms. The Morgan fingerprint density at radius 1 is 1.15 bits per heavy atom. The lowest BCUT2D eigenvalue weighted by atomic mass is 10.0. The third-order valence-corrected chi connectivity index (χ3v) is 5.59. The van der Waals surface area contributed by atoms with Crippen molar-refractivity contribution < 1.29 is 28.5 Å². The van der Waals surface area contributed by atoms with Gasteiger partial charge in [-0.2, -0.15) is 0 Å². The van der Waals surface area contributed by atoms with Crippen LogP contribution in [-0.2, 0) is 11.2 Å². The van der Waals surface area contributed by atoms with Gasteiger partial charge in [0, 0.05) is 17.3 Å². The number of methoxy groups -OCH3 is 1. The second-order valence-electron chi connectivity index (χ2n) is 8.52. The second kappa shape index (κ2) is 10.5. The molecule has 1 fully saturated rings. The topological polar surface area (TPSA) is 77.9 Å². The fourth-order valence-electron chi connectivity index (χ4n) is 3.44. The molecule has 0 radical (unpaired) electrons. The zero-order chi connectivity index (χ0) is 24.1. The van der Waals surface area contributed by atoms with E-state index in [1.165, 1.54) is 32.4 Å². The Morgan fingerprint density at radius 3 is 2.59 bits per heavy atom. The second-order valence-corrected chi connectivity index (χ2v) is 8.52. The van der Waals surface area contributed by atoms with E-state index < -0.39 is 18.0 Å². The highest BCUT2D eigenvalue weighted by molar-refractivity contribution is 5.70. The van der Waals surface area contributed by atoms with Crippen molar-refractivity contribution in [2.24, 2.45) is 5.92 Å². The van der Waals surface area contributed by atoms with E-state index in [1.807, 2.05) is 6.07 Å². The van der Waals surface area contributed by atoms with E-state index in [-0.39, 0.29) is 12.4 Å². The average molecular weight is 466 g/mol. The first-order chi connectivity index (χ1) is 16.4. The van der Waals surface area contributed by atoms with Crippen LogP contribution in [0.1, 0.15) is 43.5 Å². The monoisotopic (exact) mass is 465 g/mol. The highest BCUT2D eigenvalue weighted by Crippen LogP contribution is 2.37. The summed E-state index contributed by atoms with van der Waals surface area (Å²) in [5.41, 5.74) is 2.54. The summed E-state index contributed by atoms with van der Waals surface area (Å²) in [5, 5.41) is 9.13. The maximum absolute atomic E-state index is 14.2. The van der Waals surface area contributed by atoms with Gasteiger partial charge in [0.1, 0.15) is 18.2 Å². The third-order valence-electron chi connectivity index (χ3n) is 5.59. The largest absolute Gasteiger partial charge is 0.497 e. The number of carboxylic acid groups (broad SMARTS) is 1. The van der Waals surface area contributed by atoms with Crippen molar-refractivity contribution in [3.05, 3.63) is 71.8 Å². The van der Waals surface area contributed by atoms with Crippen molar-refractivity contribution in [2.75, 3.05) is 13.7 Å². The number of hydrogen-bond acceptors (Lipinski definition) is 5. The van der Waals surface area contributed by atoms with Gasteiger partial charge < -0.3 is 19.3 Å². The number of benzene rings is 2. The van der Waals surface area contributed by atoms with Gasteiger partial charge in [0.2, 0.25) is 0 Å². The van der Waals surface area contributed by atoms with Crippen LogP contribution in [0.2, 0.25) is 0 Å². The van der Waals surface area contributed by atoms with Gasteiger partial charge in [0.15, 0.2) is 17.6 Å². The molecule has 2 aromatic carbocycles. The molecular formula is C27H28FNO5. The quantitative estimate of drug-likeness (QED) is 0.493. The van der Waals surface area contributed by atoms with E-state index in [2.05, 4.69) is 4.98 Å². The first-order valence-corrected chi connectivity index (χ1v) is 11.4. The number of aromatic nitrogens is 1. The van der Waals surface area contributed by atoms with Crippen molar-refractivity contribution in [3.8, 4) is 28.4 Å². The SMILES string of the molecule is C1CC1.COc1ccc(F)c(-c2ccc(C3COc4ccc(CC(C)C(=O)O)cc4O3)nc2)c1. The molecule has 1 aliphatic heterocycles. The van der Waals surface area contributed by atoms with Crippen LogP contribution in [0.3, 0.4) is 0 Å². The summed E-state index contributed by atoms with van der Waals surface area (Å²) in [7, 11) is 1.53. The lowest BCUT2D eigenvalue weighted by Gasteiger charge is -2.26. The Bertz CT molecular complexity index is 1140. The molecule has 0 amide bonds. The van der Waals surface area contributed by atoms with Crippen molar-refractivity contribution in [2.45, 2.75) is 38.7 Å². The average Bonchev–Trinajstić information content (AvgIpc) is 3.74. The fraction of sp³-hybridized carbons (Fsp3) is 0.333. The lowest BCUT2D eigenvalue weighted by molar-refractivity contribution is -0.141. The number of ether oxygens (including phenoxy) is 3. The van der Waals surface area contributed by atoms with Crippen molar-refractivity contribution in [3.63, 3.8) is 0 Å². The predicted octanol–water partition coefficient (Wildman–Crippen LogP) is 5.84. The van der Waals surface area contributed by atoms with Crippen LogP contribution in [0.15, 0.2) is 54.7 Å². The molecule has 2 aliphatic rings. The van der Waals surface area contributed by atoms with Gasteiger partial charge in [0.05, 0.1) is 18.7 Å². The first kappa shape index (κ1) is 23.5. The van der Waals surface area contributed by atoms with Crippen LogP contribution in [0, 0.1) is 11.7 Å². The molecule has 0 saturated heterocycles. The molecule has 178 valence electrons. The minimum atomic E-state index is -0.843. The molecule has 2 atom stereocenters. The number of carbonyl (C=O) groups is 1. The van der Waals surface area contributed by atoms with Gasteiger partial charge >= 0.3 is 5.97 Å². The normalized spacial score (nSPS) is 16.6. The zero-order valence-corrected chi connectivity index (χ0v) is 19.3. The molecule has 1 aliphatic carbocycles. The van der Waals surface area contributed by atoms with Gasteiger partial charge in [-0.1, -0.05) is 38.3 Å². The minimum absolute atomic E-state index is 0.289. The van der Waals surface area contributed by atoms with Crippen LogP contribution in [0.25, 0.3) is 11.1 Å². The first-order valence-electron chi connectivity index (χ1n) is 11.4. The lowest BCUT2D eigenvalue weighted by Crippen LogP contribution is -2.22. The number of rotatable bonds is 6. The van der Waals surface area contributed by atoms with Gasteiger partial charge in [-0.3, -0.25) is 9.78 Å². The van der Waals surface area contributed by atoms with Crippen LogP contribution in [-0.4, -0.2) is 29.8 Å². The van der Waals surface area contributed by atoms with E-state index in [0.717, 1.165) is 5.56 Å². The van der Waals surface area contributed by atoms with E-state index in [4.69, 9.17) is 19.3 Å². The Morgan fingerprint density at radius 2 is 1.94 bits per heavy atom. The molecular weight excluding hydrogens is 437 g/mol. The van der Waals surface area contributed by atoms with Crippen molar-refractivity contribution >= 4 is 5.97 Å². The van der Waals surface area contributed by atoms with E-state index >= 15 is 0 Å². The smallest absolute Gasteiger partial charge is 0.306 e. The molecule has 0 spiro atoms. The van der Waals surface area contributed by atoms with Crippen molar-refractivity contribution in [1.82, 2.24) is 4.98 Å². The van der Waals surface area contributed by atoms with Crippen LogP contribution >= 0.6 is 0 Å². The molecule has 6 nitrogen and oxygen atoms in total. The highest BCUT2D eigenvalue weighted by Gasteiger charge is 2.25. The van der Waals surface area contributed by atoms with Crippen LogP contribution < -0.4 is 14.2 Å². The summed E-state index contributed by atoms with van der Waals surface area (Å²) in [5.74, 6) is 0.0296. The number of fused-ring (bicyclic) bond motifs is 1. The maximum atomic E-state index is 14.2. The summed E-state index contributed by atoms with van der Waals surface area (Å²) in [4.78, 5) is 15.6. The summed E-state index contributed by atoms with van der Waals surface area (Å²) in [6.07, 6.45) is 6.07. The van der Waals surface area contributed by atoms with Gasteiger partial charge in [-0.25, -0.2) is 4.39 Å². The maximum Gasteiger partial charge on any atom is 0.306 e. The Kier molecular flexibility index (Phi) is 7.30. The standard InChI is InChI=1S/C24H22FNO5.C3H6/c1-14(24(27)28)9-15-3-8-21-22(10-15)31-23(13-30-21)20-7-4-16(12-26-20)18-11-17(29-2)5-6-19(18)25;1-2-3-1/h3-8,10-12,14,23H,9,13H2,1-2H3,(H,27,28);1-3H2. The van der Waals surface area contributed by atoms with Gasteiger partial charge in [-0.05, 0) is 48.4 Å². The van der Waals surface area contributed by atoms with Gasteiger partial charge in [0.25, 0.3) is 0 Å². The van der Waals surface area contributed by atoms with E-state index in [1.54, 1.807) is 49.5 Å². The number of hydrogen-bond donors (Lipinski definition) is 1.